The van der Waals surface area contributed by atoms with Gasteiger partial charge in [0.25, 0.3) is 0 Å². The molecule has 0 fully saturated rings. The van der Waals surface area contributed by atoms with E-state index < -0.39 is 0 Å². The fourth-order valence-electron chi connectivity index (χ4n) is 2.38. The molecule has 0 bridgehead atoms. The summed E-state index contributed by atoms with van der Waals surface area (Å²) in [5.41, 5.74) is 0.992. The molecule has 0 aliphatic carbocycles. The third-order valence-corrected chi connectivity index (χ3v) is 3.65. The van der Waals surface area contributed by atoms with Crippen LogP contribution in [0.3, 0.4) is 0 Å². The number of carbonyl (C=O) groups excluding carboxylic acids is 1. The van der Waals surface area contributed by atoms with E-state index in [1.54, 1.807) is 18.3 Å². The first-order chi connectivity index (χ1) is 11.7. The Kier molecular flexibility index (Phi) is 5.22. The largest absolute Gasteiger partial charge is 0.504 e. The van der Waals surface area contributed by atoms with Crippen LogP contribution in [0.5, 0.6) is 11.5 Å². The molecule has 0 aliphatic rings. The normalized spacial score (nSPS) is 11.0. The number of amides is 2. The maximum absolute atomic E-state index is 12.1. The van der Waals surface area contributed by atoms with Crippen LogP contribution < -0.4 is 10.6 Å². The smallest absolute Gasteiger partial charge is 0.320 e. The first kappa shape index (κ1) is 18.2. The number of rotatable bonds is 4. The number of phenolic OH excluding ortho intramolecular Hbond substituents is 2. The fourth-order valence-corrected chi connectivity index (χ4v) is 2.38. The number of phenols is 2. The van der Waals surface area contributed by atoms with Crippen molar-refractivity contribution in [2.75, 3.05) is 11.9 Å². The molecule has 0 atom stereocenters. The Hall–Kier alpha value is -3.14. The van der Waals surface area contributed by atoms with Gasteiger partial charge in [-0.15, -0.1) is 0 Å². The number of hydrogen-bond donors (Lipinski definition) is 4. The second-order valence-electron chi connectivity index (χ2n) is 6.72. The molecule has 25 heavy (non-hydrogen) atoms. The summed E-state index contributed by atoms with van der Waals surface area (Å²) in [4.78, 5) is 12.1. The highest BCUT2D eigenvalue weighted by Gasteiger charge is 2.19. The second kappa shape index (κ2) is 7.18. The molecule has 2 aromatic rings. The van der Waals surface area contributed by atoms with Gasteiger partial charge in [-0.2, -0.15) is 5.26 Å². The van der Waals surface area contributed by atoms with E-state index in [-0.39, 0.29) is 23.1 Å². The summed E-state index contributed by atoms with van der Waals surface area (Å²) in [7, 11) is 0. The van der Waals surface area contributed by atoms with Crippen LogP contribution in [-0.4, -0.2) is 27.4 Å². The molecule has 7 nitrogen and oxygen atoms in total. The molecule has 1 aromatic heterocycles. The Morgan fingerprint density at radius 3 is 2.56 bits per heavy atom. The van der Waals surface area contributed by atoms with Crippen molar-refractivity contribution in [1.29, 1.82) is 5.26 Å². The third-order valence-electron chi connectivity index (χ3n) is 3.65. The van der Waals surface area contributed by atoms with Crippen LogP contribution in [-0.2, 0) is 12.0 Å². The van der Waals surface area contributed by atoms with Crippen molar-refractivity contribution in [2.24, 2.45) is 0 Å². The van der Waals surface area contributed by atoms with Gasteiger partial charge in [0.15, 0.2) is 11.5 Å². The maximum atomic E-state index is 12.1. The molecule has 132 valence electrons. The summed E-state index contributed by atoms with van der Waals surface area (Å²) in [5, 5.41) is 33.3. The van der Waals surface area contributed by atoms with Crippen LogP contribution in [0.15, 0.2) is 30.5 Å². The quantitative estimate of drug-likeness (QED) is 0.640. The lowest BCUT2D eigenvalue weighted by atomic mass is 10.1. The predicted molar refractivity (Wildman–Crippen MR) is 94.6 cm³/mol. The molecular formula is C18H22N4O3. The molecule has 0 aliphatic heterocycles. The molecule has 0 unspecified atom stereocenters. The molecule has 1 aromatic carbocycles. The molecule has 0 saturated heterocycles. The highest BCUT2D eigenvalue weighted by atomic mass is 16.3. The number of aromatic hydroxyl groups is 2. The van der Waals surface area contributed by atoms with Crippen molar-refractivity contribution in [3.05, 3.63) is 41.6 Å². The second-order valence-corrected chi connectivity index (χ2v) is 6.72. The molecule has 1 heterocycles. The van der Waals surface area contributed by atoms with Crippen LogP contribution >= 0.6 is 0 Å². The van der Waals surface area contributed by atoms with Crippen molar-refractivity contribution >= 4 is 11.8 Å². The van der Waals surface area contributed by atoms with Gasteiger partial charge in [-0.25, -0.2) is 4.79 Å². The summed E-state index contributed by atoms with van der Waals surface area (Å²) >= 11 is 0. The lowest BCUT2D eigenvalue weighted by Gasteiger charge is -2.24. The van der Waals surface area contributed by atoms with Crippen molar-refractivity contribution in [3.63, 3.8) is 0 Å². The summed E-state index contributed by atoms with van der Waals surface area (Å²) in [6, 6.07) is 7.86. The van der Waals surface area contributed by atoms with Gasteiger partial charge in [0, 0.05) is 18.3 Å². The van der Waals surface area contributed by atoms with Gasteiger partial charge in [-0.1, -0.05) is 6.07 Å². The maximum Gasteiger partial charge on any atom is 0.320 e. The SMILES string of the molecule is CC(C)(C)n1cc(C#N)cc1NC(=O)NCCc1ccc(O)c(O)c1. The van der Waals surface area contributed by atoms with E-state index in [1.807, 2.05) is 25.3 Å². The molecule has 4 N–H and O–H groups in total. The fraction of sp³-hybridized carbons (Fsp3) is 0.333. The minimum absolute atomic E-state index is 0.175. The van der Waals surface area contributed by atoms with Crippen LogP contribution in [0.2, 0.25) is 0 Å². The van der Waals surface area contributed by atoms with E-state index in [9.17, 15) is 15.0 Å². The minimum atomic E-state index is -0.379. The van der Waals surface area contributed by atoms with Gasteiger partial charge in [0.2, 0.25) is 0 Å². The highest BCUT2D eigenvalue weighted by Crippen LogP contribution is 2.25. The van der Waals surface area contributed by atoms with Crippen LogP contribution in [0.1, 0.15) is 31.9 Å². The van der Waals surface area contributed by atoms with Crippen molar-refractivity contribution < 1.29 is 15.0 Å². The zero-order valence-corrected chi connectivity index (χ0v) is 14.5. The Balaban J connectivity index is 1.95. The molecule has 0 spiro atoms. The molecule has 2 amide bonds. The zero-order chi connectivity index (χ0) is 18.6. The summed E-state index contributed by atoms with van der Waals surface area (Å²) < 4.78 is 1.84. The Bertz CT molecular complexity index is 813. The van der Waals surface area contributed by atoms with Crippen LogP contribution in [0, 0.1) is 11.3 Å². The van der Waals surface area contributed by atoms with Gasteiger partial charge in [-0.3, -0.25) is 5.32 Å². The van der Waals surface area contributed by atoms with E-state index in [2.05, 4.69) is 16.7 Å². The minimum Gasteiger partial charge on any atom is -0.504 e. The average Bonchev–Trinajstić information content (AvgIpc) is 2.94. The number of urea groups is 1. The summed E-state index contributed by atoms with van der Waals surface area (Å²) in [5.74, 6) is 0.184. The van der Waals surface area contributed by atoms with Gasteiger partial charge in [0.1, 0.15) is 11.9 Å². The third kappa shape index (κ3) is 4.67. The van der Waals surface area contributed by atoms with E-state index in [4.69, 9.17) is 5.26 Å². The van der Waals surface area contributed by atoms with E-state index in [1.165, 1.54) is 12.1 Å². The highest BCUT2D eigenvalue weighted by molar-refractivity contribution is 5.88. The predicted octanol–water partition coefficient (Wildman–Crippen LogP) is 2.89. The average molecular weight is 342 g/mol. The monoisotopic (exact) mass is 342 g/mol. The summed E-state index contributed by atoms with van der Waals surface area (Å²) in [6.07, 6.45) is 2.21. The number of hydrogen-bond acceptors (Lipinski definition) is 4. The van der Waals surface area contributed by atoms with E-state index in [0.29, 0.717) is 24.3 Å². The van der Waals surface area contributed by atoms with E-state index in [0.717, 1.165) is 5.56 Å². The van der Waals surface area contributed by atoms with E-state index >= 15 is 0 Å². The summed E-state index contributed by atoms with van der Waals surface area (Å²) in [6.45, 7) is 6.30. The number of aromatic nitrogens is 1. The Morgan fingerprint density at radius 2 is 1.96 bits per heavy atom. The number of nitriles is 1. The van der Waals surface area contributed by atoms with Crippen molar-refractivity contribution in [2.45, 2.75) is 32.7 Å². The van der Waals surface area contributed by atoms with Gasteiger partial charge >= 0.3 is 6.03 Å². The molecule has 7 heteroatoms. The lowest BCUT2D eigenvalue weighted by Crippen LogP contribution is -2.32. The number of benzene rings is 1. The number of nitrogens with zero attached hydrogens (tertiary/aromatic N) is 2. The number of nitrogens with one attached hydrogen (secondary N) is 2. The number of anilines is 1. The van der Waals surface area contributed by atoms with Crippen molar-refractivity contribution in [1.82, 2.24) is 9.88 Å². The molecule has 2 rings (SSSR count). The van der Waals surface area contributed by atoms with Gasteiger partial charge in [0.05, 0.1) is 5.56 Å². The van der Waals surface area contributed by atoms with Crippen LogP contribution in [0.25, 0.3) is 0 Å². The topological polar surface area (TPSA) is 110 Å². The van der Waals surface area contributed by atoms with Crippen LogP contribution in [0.4, 0.5) is 10.6 Å². The molecular weight excluding hydrogens is 320 g/mol. The zero-order valence-electron chi connectivity index (χ0n) is 14.5. The number of carbonyl (C=O) groups is 1. The van der Waals surface area contributed by atoms with Gasteiger partial charge < -0.3 is 20.1 Å². The first-order valence-corrected chi connectivity index (χ1v) is 7.89. The Labute approximate surface area is 146 Å². The van der Waals surface area contributed by atoms with Gasteiger partial charge in [-0.05, 0) is 51.0 Å². The first-order valence-electron chi connectivity index (χ1n) is 7.89. The lowest BCUT2D eigenvalue weighted by molar-refractivity contribution is 0.252. The molecule has 0 radical (unpaired) electrons. The standard InChI is InChI=1S/C18H22N4O3/c1-18(2,3)22-11-13(10-19)9-16(22)21-17(25)20-7-6-12-4-5-14(23)15(24)8-12/h4-5,8-9,11,23-24H,6-7H2,1-3H3,(H2,20,21,25). The Morgan fingerprint density at radius 1 is 1.24 bits per heavy atom. The van der Waals surface area contributed by atoms with Crippen molar-refractivity contribution in [3.8, 4) is 17.6 Å². The molecule has 0 saturated carbocycles.